The fourth-order valence-corrected chi connectivity index (χ4v) is 4.68. The monoisotopic (exact) mass is 440 g/mol. The van der Waals surface area contributed by atoms with Crippen LogP contribution in [0.2, 0.25) is 0 Å². The van der Waals surface area contributed by atoms with Crippen molar-refractivity contribution >= 4 is 44.0 Å². The van der Waals surface area contributed by atoms with Gasteiger partial charge >= 0.3 is 0 Å². The number of amides is 1. The molecule has 160 valence electrons. The van der Waals surface area contributed by atoms with Crippen LogP contribution in [0.5, 0.6) is 5.88 Å². The molecule has 0 saturated heterocycles. The third kappa shape index (κ3) is 3.60. The lowest BCUT2D eigenvalue weighted by molar-refractivity contribution is -0.118. The minimum absolute atomic E-state index is 0.00543. The smallest absolute Gasteiger partial charge is 0.242 e. The Labute approximate surface area is 178 Å². The van der Waals surface area contributed by atoms with Gasteiger partial charge in [0.1, 0.15) is 5.71 Å². The van der Waals surface area contributed by atoms with Crippen molar-refractivity contribution in [2.45, 2.75) is 11.8 Å². The Morgan fingerprint density at radius 1 is 1.23 bits per heavy atom. The van der Waals surface area contributed by atoms with Crippen molar-refractivity contribution in [1.82, 2.24) is 14.6 Å². The number of hydrogen-bond donors (Lipinski definition) is 3. The van der Waals surface area contributed by atoms with E-state index in [1.54, 1.807) is 24.3 Å². The maximum atomic E-state index is 13.0. The van der Waals surface area contributed by atoms with Gasteiger partial charge in [-0.05, 0) is 30.3 Å². The number of aromatic amines is 1. The van der Waals surface area contributed by atoms with E-state index in [1.165, 1.54) is 32.2 Å². The lowest BCUT2D eigenvalue weighted by Gasteiger charge is -2.17. The van der Waals surface area contributed by atoms with Crippen LogP contribution in [-0.2, 0) is 14.8 Å². The number of carbonyl (C=O) groups is 2. The van der Waals surface area contributed by atoms with Crippen molar-refractivity contribution in [1.29, 1.82) is 0 Å². The number of aromatic hydroxyl groups is 1. The number of aliphatic imine (C=N–C) groups is 1. The van der Waals surface area contributed by atoms with Crippen molar-refractivity contribution in [2.24, 2.45) is 4.99 Å². The minimum atomic E-state index is -3.86. The average molecular weight is 440 g/mol. The van der Waals surface area contributed by atoms with Crippen LogP contribution in [0.15, 0.2) is 52.4 Å². The van der Waals surface area contributed by atoms with E-state index in [1.807, 2.05) is 0 Å². The number of nitrogens with zero attached hydrogens (tertiary/aromatic N) is 2. The molecule has 2 aromatic carbocycles. The highest BCUT2D eigenvalue weighted by Gasteiger charge is 2.31. The highest BCUT2D eigenvalue weighted by atomic mass is 32.2. The van der Waals surface area contributed by atoms with E-state index >= 15 is 0 Å². The van der Waals surface area contributed by atoms with Crippen LogP contribution in [0, 0.1) is 0 Å². The highest BCUT2D eigenvalue weighted by molar-refractivity contribution is 7.89. The fourth-order valence-electron chi connectivity index (χ4n) is 3.48. The average Bonchev–Trinajstić information content (AvgIpc) is 3.22. The fraction of sp³-hybridized carbons (Fsp3) is 0.190. The summed E-state index contributed by atoms with van der Waals surface area (Å²) in [7, 11) is -2.45. The molecule has 0 saturated carbocycles. The van der Waals surface area contributed by atoms with Gasteiger partial charge in [-0.1, -0.05) is 12.1 Å². The summed E-state index contributed by atoms with van der Waals surface area (Å²) in [5, 5.41) is 13.4. The molecule has 0 fully saturated rings. The number of H-pyrrole nitrogens is 1. The van der Waals surface area contributed by atoms with Gasteiger partial charge in [0.25, 0.3) is 0 Å². The molecule has 0 unspecified atom stereocenters. The number of nitrogens with one attached hydrogen (secondary N) is 2. The van der Waals surface area contributed by atoms with E-state index in [-0.39, 0.29) is 46.8 Å². The first-order valence-electron chi connectivity index (χ1n) is 9.48. The Bertz CT molecular complexity index is 1360. The molecular weight excluding hydrogens is 420 g/mol. The van der Waals surface area contributed by atoms with E-state index in [2.05, 4.69) is 15.3 Å². The molecule has 31 heavy (non-hydrogen) atoms. The molecule has 0 atom stereocenters. The molecule has 3 N–H and O–H groups in total. The van der Waals surface area contributed by atoms with Gasteiger partial charge in [-0.2, -0.15) is 4.31 Å². The summed E-state index contributed by atoms with van der Waals surface area (Å²) in [4.78, 5) is 31.0. The Kier molecular flexibility index (Phi) is 5.11. The van der Waals surface area contributed by atoms with Gasteiger partial charge in [0.2, 0.25) is 21.7 Å². The number of aromatic nitrogens is 1. The Morgan fingerprint density at radius 3 is 2.68 bits per heavy atom. The van der Waals surface area contributed by atoms with Crippen LogP contribution >= 0.6 is 0 Å². The number of Topliss-reactive ketones (excluding diaryl/α,β-unsaturated/α-hetero) is 1. The molecule has 1 aromatic heterocycles. The van der Waals surface area contributed by atoms with Crippen molar-refractivity contribution < 1.29 is 23.1 Å². The van der Waals surface area contributed by atoms with Gasteiger partial charge in [0.15, 0.2) is 5.88 Å². The maximum absolute atomic E-state index is 13.0. The second kappa shape index (κ2) is 7.64. The minimum Gasteiger partial charge on any atom is -0.494 e. The lowest BCUT2D eigenvalue weighted by Crippen LogP contribution is -2.35. The molecule has 0 aliphatic carbocycles. The molecule has 3 aromatic rings. The normalized spacial score (nSPS) is 13.5. The lowest BCUT2D eigenvalue weighted by atomic mass is 10.0. The van der Waals surface area contributed by atoms with Crippen LogP contribution in [0.3, 0.4) is 0 Å². The predicted octanol–water partition coefficient (Wildman–Crippen LogP) is 1.95. The number of benzene rings is 2. The number of sulfonamides is 1. The molecule has 0 spiro atoms. The quantitative estimate of drug-likeness (QED) is 0.539. The van der Waals surface area contributed by atoms with Gasteiger partial charge in [0.05, 0.1) is 16.1 Å². The van der Waals surface area contributed by atoms with Crippen LogP contribution in [0.4, 0.5) is 5.69 Å². The second-order valence-corrected chi connectivity index (χ2v) is 9.22. The van der Waals surface area contributed by atoms with Gasteiger partial charge in [-0.25, -0.2) is 13.4 Å². The second-order valence-electron chi connectivity index (χ2n) is 7.17. The van der Waals surface area contributed by atoms with Gasteiger partial charge in [-0.15, -0.1) is 0 Å². The van der Waals surface area contributed by atoms with E-state index < -0.39 is 10.0 Å². The molecular formula is C21H20N4O5S. The number of likely N-dealkylation sites (N-methyl/N-ethyl adjacent to an activating group) is 1. The largest absolute Gasteiger partial charge is 0.494 e. The SMILES string of the molecule is CC(=O)NCCN(C)S(=O)(=O)c1ccc2[nH]c(O)c(C3=Nc4ccccc4C3=O)c2c1. The highest BCUT2D eigenvalue weighted by Crippen LogP contribution is 2.36. The zero-order valence-corrected chi connectivity index (χ0v) is 17.7. The molecule has 0 radical (unpaired) electrons. The number of fused-ring (bicyclic) bond motifs is 2. The molecule has 2 heterocycles. The summed E-state index contributed by atoms with van der Waals surface area (Å²) in [6, 6.07) is 11.2. The summed E-state index contributed by atoms with van der Waals surface area (Å²) >= 11 is 0. The first kappa shape index (κ1) is 20.8. The van der Waals surface area contributed by atoms with Crippen molar-refractivity contribution in [3.63, 3.8) is 0 Å². The molecule has 1 aliphatic heterocycles. The van der Waals surface area contributed by atoms with Crippen LogP contribution in [0.1, 0.15) is 22.8 Å². The Hall–Kier alpha value is -3.50. The summed E-state index contributed by atoms with van der Waals surface area (Å²) in [5.74, 6) is -0.849. The standard InChI is InChI=1S/C21H20N4O5S/c1-12(26)22-9-10-25(2)31(29,30)13-7-8-17-15(11-13)18(21(28)24-17)19-20(27)14-5-3-4-6-16(14)23-19/h3-8,11,24,28H,9-10H2,1-2H3,(H,22,26). The van der Waals surface area contributed by atoms with Crippen molar-refractivity contribution in [3.8, 4) is 5.88 Å². The molecule has 10 heteroatoms. The number of carbonyl (C=O) groups excluding carboxylic acids is 2. The Morgan fingerprint density at radius 2 is 1.97 bits per heavy atom. The molecule has 0 bridgehead atoms. The zero-order valence-electron chi connectivity index (χ0n) is 16.8. The number of rotatable bonds is 6. The molecule has 1 aliphatic rings. The van der Waals surface area contributed by atoms with Gasteiger partial charge in [0, 0.05) is 43.5 Å². The molecule has 4 rings (SSSR count). The van der Waals surface area contributed by atoms with E-state index in [4.69, 9.17) is 0 Å². The van der Waals surface area contributed by atoms with E-state index in [0.717, 1.165) is 4.31 Å². The van der Waals surface area contributed by atoms with Gasteiger partial charge in [-0.3, -0.25) is 9.59 Å². The van der Waals surface area contributed by atoms with E-state index in [0.29, 0.717) is 22.2 Å². The van der Waals surface area contributed by atoms with Crippen LogP contribution in [-0.4, -0.2) is 60.4 Å². The number of para-hydroxylation sites is 1. The first-order chi connectivity index (χ1) is 14.7. The topological polar surface area (TPSA) is 132 Å². The van der Waals surface area contributed by atoms with Gasteiger partial charge < -0.3 is 15.4 Å². The van der Waals surface area contributed by atoms with Crippen molar-refractivity contribution in [2.75, 3.05) is 20.1 Å². The third-order valence-corrected chi connectivity index (χ3v) is 6.94. The van der Waals surface area contributed by atoms with Crippen molar-refractivity contribution in [3.05, 3.63) is 53.6 Å². The summed E-state index contributed by atoms with van der Waals surface area (Å²) < 4.78 is 27.1. The zero-order chi connectivity index (χ0) is 22.3. The number of hydrogen-bond acceptors (Lipinski definition) is 6. The van der Waals surface area contributed by atoms with Crippen LogP contribution in [0.25, 0.3) is 10.9 Å². The third-order valence-electron chi connectivity index (χ3n) is 5.09. The maximum Gasteiger partial charge on any atom is 0.242 e. The summed E-state index contributed by atoms with van der Waals surface area (Å²) in [6.45, 7) is 1.62. The van der Waals surface area contributed by atoms with E-state index in [9.17, 15) is 23.1 Å². The molecule has 1 amide bonds. The summed E-state index contributed by atoms with van der Waals surface area (Å²) in [6.07, 6.45) is 0. The first-order valence-corrected chi connectivity index (χ1v) is 10.9. The molecule has 9 nitrogen and oxygen atoms in total. The van der Waals surface area contributed by atoms with Crippen LogP contribution < -0.4 is 5.32 Å². The predicted molar refractivity (Wildman–Crippen MR) is 115 cm³/mol. The summed E-state index contributed by atoms with van der Waals surface area (Å²) in [5.41, 5.74) is 1.61. The number of ketones is 1. The Balaban J connectivity index is 1.74.